The van der Waals surface area contributed by atoms with Crippen LogP contribution in [0.2, 0.25) is 0 Å². The normalized spacial score (nSPS) is 20.1. The van der Waals surface area contributed by atoms with Gasteiger partial charge in [0.1, 0.15) is 5.82 Å². The lowest BCUT2D eigenvalue weighted by atomic mass is 9.84. The molecule has 0 saturated carbocycles. The van der Waals surface area contributed by atoms with E-state index in [-0.39, 0.29) is 11.8 Å². The van der Waals surface area contributed by atoms with E-state index in [1.165, 1.54) is 11.6 Å². The van der Waals surface area contributed by atoms with Gasteiger partial charge in [-0.15, -0.1) is 0 Å². The van der Waals surface area contributed by atoms with Gasteiger partial charge in [-0.25, -0.2) is 4.98 Å². The van der Waals surface area contributed by atoms with Gasteiger partial charge >= 0.3 is 0 Å². The summed E-state index contributed by atoms with van der Waals surface area (Å²) in [5, 5.41) is 9.46. The summed E-state index contributed by atoms with van der Waals surface area (Å²) in [6.07, 6.45) is 7.33. The third-order valence-corrected chi connectivity index (χ3v) is 7.61. The second kappa shape index (κ2) is 10.7. The first-order valence-electron chi connectivity index (χ1n) is 13.1. The van der Waals surface area contributed by atoms with Crippen LogP contribution in [0.5, 0.6) is 0 Å². The molecule has 5 rings (SSSR count). The maximum absolute atomic E-state index is 12.1. The largest absolute Gasteiger partial charge is 0.340 e. The topological polar surface area (TPSA) is 99.2 Å². The first kappa shape index (κ1) is 25.4. The molecule has 8 heteroatoms. The van der Waals surface area contributed by atoms with E-state index in [0.717, 1.165) is 48.2 Å². The summed E-state index contributed by atoms with van der Waals surface area (Å²) < 4.78 is 0. The van der Waals surface area contributed by atoms with Crippen molar-refractivity contribution < 1.29 is 9.59 Å². The van der Waals surface area contributed by atoms with Gasteiger partial charge in [-0.2, -0.15) is 4.98 Å². The smallest absolute Gasteiger partial charge is 0.247 e. The highest BCUT2D eigenvalue weighted by Crippen LogP contribution is 2.43. The van der Waals surface area contributed by atoms with Crippen LogP contribution in [0.1, 0.15) is 55.2 Å². The molecule has 2 aliphatic heterocycles. The molecule has 38 heavy (non-hydrogen) atoms. The van der Waals surface area contributed by atoms with Crippen LogP contribution in [0, 0.1) is 13.8 Å². The maximum atomic E-state index is 12.1. The zero-order valence-electron chi connectivity index (χ0n) is 22.1. The molecule has 0 radical (unpaired) electrons. The van der Waals surface area contributed by atoms with Crippen molar-refractivity contribution in [3.8, 4) is 0 Å². The number of nitrogens with one attached hydrogen (secondary N) is 3. The molecule has 8 nitrogen and oxygen atoms in total. The van der Waals surface area contributed by atoms with E-state index < -0.39 is 0 Å². The molecular weight excluding hydrogens is 476 g/mol. The molecule has 3 heterocycles. The van der Waals surface area contributed by atoms with E-state index in [1.54, 1.807) is 13.1 Å². The van der Waals surface area contributed by atoms with E-state index in [9.17, 15) is 9.59 Å². The Morgan fingerprint density at radius 2 is 1.74 bits per heavy atom. The number of fused-ring (bicyclic) bond motifs is 2. The van der Waals surface area contributed by atoms with Gasteiger partial charge in [0, 0.05) is 47.8 Å². The number of anilines is 5. The van der Waals surface area contributed by atoms with E-state index >= 15 is 0 Å². The summed E-state index contributed by atoms with van der Waals surface area (Å²) in [4.78, 5) is 35.0. The minimum atomic E-state index is -0.262. The number of hydrogen-bond donors (Lipinski definition) is 3. The monoisotopic (exact) mass is 510 g/mol. The van der Waals surface area contributed by atoms with Gasteiger partial charge in [-0.3, -0.25) is 9.59 Å². The van der Waals surface area contributed by atoms with Crippen LogP contribution in [0.25, 0.3) is 0 Å². The number of amides is 2. The van der Waals surface area contributed by atoms with Crippen LogP contribution in [0.4, 0.5) is 28.8 Å². The molecule has 1 aromatic heterocycles. The van der Waals surface area contributed by atoms with Gasteiger partial charge in [-0.05, 0) is 86.9 Å². The summed E-state index contributed by atoms with van der Waals surface area (Å²) >= 11 is 0. The lowest BCUT2D eigenvalue weighted by Crippen LogP contribution is -2.44. The summed E-state index contributed by atoms with van der Waals surface area (Å²) in [6.45, 7) is 9.23. The molecular formula is C30H34N6O2. The molecule has 2 fully saturated rings. The van der Waals surface area contributed by atoms with Gasteiger partial charge in [0.05, 0.1) is 0 Å². The third-order valence-electron chi connectivity index (χ3n) is 7.61. The van der Waals surface area contributed by atoms with Crippen LogP contribution in [-0.2, 0) is 9.59 Å². The third kappa shape index (κ3) is 5.39. The molecule has 2 atom stereocenters. The molecule has 2 aromatic carbocycles. The van der Waals surface area contributed by atoms with E-state index in [0.29, 0.717) is 35.5 Å². The summed E-state index contributed by atoms with van der Waals surface area (Å²) in [7, 11) is 0. The number of nitrogens with zero attached hydrogens (tertiary/aromatic N) is 3. The molecule has 3 N–H and O–H groups in total. The fourth-order valence-electron chi connectivity index (χ4n) is 5.80. The van der Waals surface area contributed by atoms with Crippen LogP contribution in [-0.4, -0.2) is 38.8 Å². The second-order valence-electron chi connectivity index (χ2n) is 10.3. The molecule has 2 aliphatic rings. The van der Waals surface area contributed by atoms with Crippen LogP contribution >= 0.6 is 0 Å². The standard InChI is InChI=1S/C30H34N6O2/c1-5-28(38)32-23-7-6-8-24(16-23)33-29-19(3)17-31-30(35-29)34-27-12-9-21(13-18(27)2)22-14-25-10-11-26(15-22)36(25)20(4)37/h5-9,12-13,16-17,22,25-26H,1,10-11,14-15H2,2-4H3,(H,32,38)(H2,31,33,34,35). The Hall–Kier alpha value is -4.20. The minimum Gasteiger partial charge on any atom is -0.340 e. The van der Waals surface area contributed by atoms with E-state index in [2.05, 4.69) is 57.5 Å². The Morgan fingerprint density at radius 1 is 1.00 bits per heavy atom. The highest BCUT2D eigenvalue weighted by atomic mass is 16.2. The summed E-state index contributed by atoms with van der Waals surface area (Å²) in [5.74, 6) is 1.61. The van der Waals surface area contributed by atoms with E-state index in [4.69, 9.17) is 4.98 Å². The molecule has 0 spiro atoms. The summed E-state index contributed by atoms with van der Waals surface area (Å²) in [6, 6.07) is 14.7. The van der Waals surface area contributed by atoms with Crippen molar-refractivity contribution in [2.75, 3.05) is 16.0 Å². The average Bonchev–Trinajstić information content (AvgIpc) is 3.17. The number of aromatic nitrogens is 2. The molecule has 196 valence electrons. The average molecular weight is 511 g/mol. The predicted molar refractivity (Wildman–Crippen MR) is 151 cm³/mol. The number of aryl methyl sites for hydroxylation is 2. The lowest BCUT2D eigenvalue weighted by molar-refractivity contribution is -0.133. The van der Waals surface area contributed by atoms with Gasteiger partial charge in [0.2, 0.25) is 17.8 Å². The number of carbonyl (C=O) groups excluding carboxylic acids is 2. The Kier molecular flexibility index (Phi) is 7.13. The van der Waals surface area contributed by atoms with Crippen molar-refractivity contribution >= 4 is 40.6 Å². The van der Waals surface area contributed by atoms with Crippen LogP contribution in [0.3, 0.4) is 0 Å². The first-order chi connectivity index (χ1) is 18.3. The SMILES string of the molecule is C=CC(=O)Nc1cccc(Nc2nc(Nc3ccc(C4CC5CCC(C4)N5C(C)=O)cc3C)ncc2C)c1. The quantitative estimate of drug-likeness (QED) is 0.339. The predicted octanol–water partition coefficient (Wildman–Crippen LogP) is 5.96. The molecule has 3 aromatic rings. The van der Waals surface area contributed by atoms with Crippen molar-refractivity contribution in [3.63, 3.8) is 0 Å². The Balaban J connectivity index is 1.29. The van der Waals surface area contributed by atoms with Gasteiger partial charge in [-0.1, -0.05) is 24.8 Å². The van der Waals surface area contributed by atoms with Crippen molar-refractivity contribution in [2.45, 2.75) is 64.5 Å². The highest BCUT2D eigenvalue weighted by molar-refractivity contribution is 5.99. The molecule has 0 aliphatic carbocycles. The summed E-state index contributed by atoms with van der Waals surface area (Å²) in [5.41, 5.74) is 5.79. The zero-order valence-corrected chi connectivity index (χ0v) is 22.1. The fraction of sp³-hybridized carbons (Fsp3) is 0.333. The van der Waals surface area contributed by atoms with Crippen molar-refractivity contribution in [1.29, 1.82) is 0 Å². The molecule has 2 unspecified atom stereocenters. The first-order valence-corrected chi connectivity index (χ1v) is 13.1. The maximum Gasteiger partial charge on any atom is 0.247 e. The number of piperidine rings is 1. The second-order valence-corrected chi connectivity index (χ2v) is 10.3. The van der Waals surface area contributed by atoms with Crippen LogP contribution in [0.15, 0.2) is 61.3 Å². The van der Waals surface area contributed by atoms with E-state index in [1.807, 2.05) is 31.2 Å². The fourth-order valence-corrected chi connectivity index (χ4v) is 5.80. The molecule has 2 bridgehead atoms. The number of rotatable bonds is 7. The minimum absolute atomic E-state index is 0.214. The van der Waals surface area contributed by atoms with Gasteiger partial charge < -0.3 is 20.9 Å². The Morgan fingerprint density at radius 3 is 2.42 bits per heavy atom. The molecule has 2 saturated heterocycles. The number of hydrogen-bond acceptors (Lipinski definition) is 6. The number of carbonyl (C=O) groups is 2. The number of benzene rings is 2. The lowest BCUT2D eigenvalue weighted by Gasteiger charge is -2.38. The van der Waals surface area contributed by atoms with Gasteiger partial charge in [0.15, 0.2) is 0 Å². The van der Waals surface area contributed by atoms with Gasteiger partial charge in [0.25, 0.3) is 0 Å². The van der Waals surface area contributed by atoms with Crippen LogP contribution < -0.4 is 16.0 Å². The zero-order chi connectivity index (χ0) is 26.8. The van der Waals surface area contributed by atoms with Crippen molar-refractivity contribution in [2.24, 2.45) is 0 Å². The Bertz CT molecular complexity index is 1370. The van der Waals surface area contributed by atoms with Crippen molar-refractivity contribution in [3.05, 3.63) is 78.0 Å². The highest BCUT2D eigenvalue weighted by Gasteiger charge is 2.42. The Labute approximate surface area is 223 Å². The molecule has 2 amide bonds. The van der Waals surface area contributed by atoms with Crippen molar-refractivity contribution in [1.82, 2.24) is 14.9 Å².